The molecule has 25 heavy (non-hydrogen) atoms. The van der Waals surface area contributed by atoms with Crippen molar-refractivity contribution < 1.29 is 19.8 Å². The monoisotopic (exact) mass is 350 g/mol. The molecule has 2 N–H and O–H groups in total. The van der Waals surface area contributed by atoms with E-state index in [2.05, 4.69) is 31.2 Å². The highest BCUT2D eigenvalue weighted by atomic mass is 16.4. The average Bonchev–Trinajstić information content (AvgIpc) is 2.58. The fourth-order valence-corrected chi connectivity index (χ4v) is 3.45. The summed E-state index contributed by atoms with van der Waals surface area (Å²) in [4.78, 5) is 22.0. The Kier molecular flexibility index (Phi) is 10.9. The molecule has 0 aliphatic heterocycles. The van der Waals surface area contributed by atoms with Crippen molar-refractivity contribution in [2.24, 2.45) is 17.8 Å². The summed E-state index contributed by atoms with van der Waals surface area (Å²) in [7, 11) is 0. The third-order valence-corrected chi connectivity index (χ3v) is 4.99. The molecular formula is C21H34O4. The number of aliphatic carboxylic acids is 2. The molecule has 3 atom stereocenters. The van der Waals surface area contributed by atoms with Gasteiger partial charge in [-0.15, -0.1) is 0 Å². The molecule has 0 fully saturated rings. The van der Waals surface area contributed by atoms with Gasteiger partial charge in [0.2, 0.25) is 0 Å². The summed E-state index contributed by atoms with van der Waals surface area (Å²) in [6.45, 7) is 2.17. The second-order valence-corrected chi connectivity index (χ2v) is 7.17. The standard InChI is InChI=1S/C21H34O4/c1-2-3-11-17-14-15-18(19(16-17)21(24)25)12-9-7-5-4-6-8-10-13-20(22)23/h9,12,14-15,17-19H,2-8,10-11,13,16H2,1H3,(H,22,23)(H,24,25). The molecule has 0 aromatic carbocycles. The summed E-state index contributed by atoms with van der Waals surface area (Å²) in [5, 5.41) is 18.1. The Morgan fingerprint density at radius 1 is 1.04 bits per heavy atom. The van der Waals surface area contributed by atoms with Crippen molar-refractivity contribution in [1.82, 2.24) is 0 Å². The van der Waals surface area contributed by atoms with Crippen LogP contribution in [0.25, 0.3) is 0 Å². The lowest BCUT2D eigenvalue weighted by Gasteiger charge is -2.27. The van der Waals surface area contributed by atoms with E-state index in [1.54, 1.807) is 0 Å². The molecule has 0 saturated carbocycles. The van der Waals surface area contributed by atoms with Crippen molar-refractivity contribution in [1.29, 1.82) is 0 Å². The van der Waals surface area contributed by atoms with Crippen LogP contribution in [0.4, 0.5) is 0 Å². The van der Waals surface area contributed by atoms with Crippen LogP contribution >= 0.6 is 0 Å². The fourth-order valence-electron chi connectivity index (χ4n) is 3.45. The number of unbranched alkanes of at least 4 members (excludes halogenated alkanes) is 6. The van der Waals surface area contributed by atoms with Gasteiger partial charge in [-0.1, -0.05) is 63.3 Å². The van der Waals surface area contributed by atoms with Crippen LogP contribution in [0.1, 0.15) is 77.6 Å². The number of hydrogen-bond acceptors (Lipinski definition) is 2. The first-order chi connectivity index (χ1) is 12.0. The van der Waals surface area contributed by atoms with Crippen LogP contribution in [0.2, 0.25) is 0 Å². The first-order valence-corrected chi connectivity index (χ1v) is 9.84. The number of carboxylic acid groups (broad SMARTS) is 2. The Bertz CT molecular complexity index is 453. The number of carboxylic acids is 2. The molecule has 0 amide bonds. The number of rotatable bonds is 13. The van der Waals surface area contributed by atoms with E-state index in [0.29, 0.717) is 5.92 Å². The van der Waals surface area contributed by atoms with E-state index in [-0.39, 0.29) is 18.3 Å². The van der Waals surface area contributed by atoms with E-state index >= 15 is 0 Å². The van der Waals surface area contributed by atoms with Gasteiger partial charge in [-0.05, 0) is 38.0 Å². The number of hydrogen-bond donors (Lipinski definition) is 2. The van der Waals surface area contributed by atoms with Gasteiger partial charge in [-0.25, -0.2) is 0 Å². The van der Waals surface area contributed by atoms with Crippen LogP contribution in [0.5, 0.6) is 0 Å². The molecule has 0 radical (unpaired) electrons. The lowest BCUT2D eigenvalue weighted by atomic mass is 9.77. The summed E-state index contributed by atoms with van der Waals surface area (Å²) in [5.74, 6) is -1.26. The predicted octanol–water partition coefficient (Wildman–Crippen LogP) is 5.44. The summed E-state index contributed by atoms with van der Waals surface area (Å²) in [6, 6.07) is 0. The highest BCUT2D eigenvalue weighted by Crippen LogP contribution is 2.32. The van der Waals surface area contributed by atoms with Gasteiger partial charge in [0.25, 0.3) is 0 Å². The molecule has 1 aliphatic carbocycles. The molecule has 0 spiro atoms. The quantitative estimate of drug-likeness (QED) is 0.342. The van der Waals surface area contributed by atoms with Crippen LogP contribution in [-0.2, 0) is 9.59 Å². The normalized spacial score (nSPS) is 23.2. The van der Waals surface area contributed by atoms with Gasteiger partial charge in [0.1, 0.15) is 0 Å². The Morgan fingerprint density at radius 3 is 2.44 bits per heavy atom. The highest BCUT2D eigenvalue weighted by Gasteiger charge is 2.30. The Hall–Kier alpha value is -1.58. The Morgan fingerprint density at radius 2 is 1.76 bits per heavy atom. The molecule has 1 rings (SSSR count). The average molecular weight is 350 g/mol. The van der Waals surface area contributed by atoms with Gasteiger partial charge in [-0.3, -0.25) is 9.59 Å². The van der Waals surface area contributed by atoms with Gasteiger partial charge >= 0.3 is 11.9 Å². The van der Waals surface area contributed by atoms with E-state index in [1.165, 1.54) is 0 Å². The second kappa shape index (κ2) is 12.7. The smallest absolute Gasteiger partial charge is 0.307 e. The van der Waals surface area contributed by atoms with Crippen molar-refractivity contribution in [3.05, 3.63) is 24.3 Å². The Labute approximate surface area is 152 Å². The van der Waals surface area contributed by atoms with Gasteiger partial charge in [0.05, 0.1) is 5.92 Å². The molecular weight excluding hydrogens is 316 g/mol. The highest BCUT2D eigenvalue weighted by molar-refractivity contribution is 5.71. The summed E-state index contributed by atoms with van der Waals surface area (Å²) in [5.41, 5.74) is 0. The topological polar surface area (TPSA) is 74.6 Å². The summed E-state index contributed by atoms with van der Waals surface area (Å²) < 4.78 is 0. The van der Waals surface area contributed by atoms with Gasteiger partial charge in [0.15, 0.2) is 0 Å². The first kappa shape index (κ1) is 21.5. The first-order valence-electron chi connectivity index (χ1n) is 9.84. The van der Waals surface area contributed by atoms with Crippen LogP contribution in [-0.4, -0.2) is 22.2 Å². The Balaban J connectivity index is 2.27. The fraction of sp³-hybridized carbons (Fsp3) is 0.714. The zero-order valence-electron chi connectivity index (χ0n) is 15.5. The summed E-state index contributed by atoms with van der Waals surface area (Å²) >= 11 is 0. The molecule has 4 heteroatoms. The minimum atomic E-state index is -0.714. The largest absolute Gasteiger partial charge is 0.481 e. The van der Waals surface area contributed by atoms with Gasteiger partial charge < -0.3 is 10.2 Å². The van der Waals surface area contributed by atoms with Crippen molar-refractivity contribution in [3.63, 3.8) is 0 Å². The molecule has 142 valence electrons. The lowest BCUT2D eigenvalue weighted by Crippen LogP contribution is -2.26. The minimum absolute atomic E-state index is 0.0194. The molecule has 0 aromatic rings. The second-order valence-electron chi connectivity index (χ2n) is 7.17. The van der Waals surface area contributed by atoms with Crippen molar-refractivity contribution in [2.75, 3.05) is 0 Å². The minimum Gasteiger partial charge on any atom is -0.481 e. The van der Waals surface area contributed by atoms with E-state index in [4.69, 9.17) is 5.11 Å². The van der Waals surface area contributed by atoms with Crippen molar-refractivity contribution in [2.45, 2.75) is 77.6 Å². The maximum atomic E-state index is 11.6. The number of carbonyl (C=O) groups is 2. The lowest BCUT2D eigenvalue weighted by molar-refractivity contribution is -0.143. The molecule has 0 heterocycles. The zero-order valence-corrected chi connectivity index (χ0v) is 15.5. The van der Waals surface area contributed by atoms with Gasteiger partial charge in [-0.2, -0.15) is 0 Å². The van der Waals surface area contributed by atoms with E-state index in [0.717, 1.165) is 64.2 Å². The van der Waals surface area contributed by atoms with Crippen molar-refractivity contribution in [3.8, 4) is 0 Å². The SMILES string of the molecule is CCCCC1C=CC(C=CCCCCCCCC(=O)O)C(C(=O)O)C1. The van der Waals surface area contributed by atoms with Gasteiger partial charge in [0, 0.05) is 12.3 Å². The van der Waals surface area contributed by atoms with Crippen molar-refractivity contribution >= 4 is 11.9 Å². The maximum Gasteiger partial charge on any atom is 0.307 e. The zero-order chi connectivity index (χ0) is 18.5. The molecule has 0 aromatic heterocycles. The molecule has 0 saturated heterocycles. The van der Waals surface area contributed by atoms with Crippen LogP contribution in [0.3, 0.4) is 0 Å². The van der Waals surface area contributed by atoms with Crippen LogP contribution in [0.15, 0.2) is 24.3 Å². The predicted molar refractivity (Wildman–Crippen MR) is 100 cm³/mol. The third-order valence-electron chi connectivity index (χ3n) is 4.99. The maximum absolute atomic E-state index is 11.6. The molecule has 1 aliphatic rings. The summed E-state index contributed by atoms with van der Waals surface area (Å²) in [6.07, 6.45) is 18.9. The van der Waals surface area contributed by atoms with E-state index < -0.39 is 11.9 Å². The van der Waals surface area contributed by atoms with Crippen LogP contribution < -0.4 is 0 Å². The van der Waals surface area contributed by atoms with E-state index in [1.807, 2.05) is 0 Å². The molecule has 4 nitrogen and oxygen atoms in total. The van der Waals surface area contributed by atoms with E-state index in [9.17, 15) is 14.7 Å². The van der Waals surface area contributed by atoms with Crippen LogP contribution in [0, 0.1) is 17.8 Å². The molecule has 0 bridgehead atoms. The third kappa shape index (κ3) is 9.47. The molecule has 3 unspecified atom stereocenters. The number of allylic oxidation sites excluding steroid dienone is 4.